The maximum Gasteiger partial charge on any atom is 0.217 e. The van der Waals surface area contributed by atoms with Crippen LogP contribution < -0.4 is 4.90 Å². The van der Waals surface area contributed by atoms with E-state index in [1.54, 1.807) is 10.6 Å². The number of aryl methyl sites for hydroxylation is 1. The number of piperazine rings is 1. The van der Waals surface area contributed by atoms with Gasteiger partial charge in [0.25, 0.3) is 0 Å². The third kappa shape index (κ3) is 2.32. The summed E-state index contributed by atoms with van der Waals surface area (Å²) in [4.78, 5) is 11.0. The van der Waals surface area contributed by atoms with Crippen LogP contribution in [0.5, 0.6) is 0 Å². The molecule has 1 aromatic heterocycles. The molecule has 1 saturated carbocycles. The second kappa shape index (κ2) is 4.91. The first kappa shape index (κ1) is 13.5. The fraction of sp³-hybridized carbons (Fsp3) is 0.714. The largest absolute Gasteiger partial charge is 0.354 e. The summed E-state index contributed by atoms with van der Waals surface area (Å²) in [5, 5.41) is -0.104. The zero-order chi connectivity index (χ0) is 14.4. The first-order valence-electron chi connectivity index (χ1n) is 7.73. The Morgan fingerprint density at radius 2 is 1.81 bits per heavy atom. The summed E-state index contributed by atoms with van der Waals surface area (Å²) in [6, 6.07) is 0. The SMILES string of the molecule is O=S(=O)(C1CC1)N1CCN(c2ncnc3c2CCC3)CC1. The molecule has 4 rings (SSSR count). The molecule has 2 aliphatic carbocycles. The number of nitrogens with zero attached hydrogens (tertiary/aromatic N) is 4. The average Bonchev–Trinajstić information content (AvgIpc) is 3.26. The quantitative estimate of drug-likeness (QED) is 0.817. The smallest absolute Gasteiger partial charge is 0.217 e. The molecule has 114 valence electrons. The molecule has 2 fully saturated rings. The van der Waals surface area contributed by atoms with Crippen LogP contribution in [0.1, 0.15) is 30.5 Å². The van der Waals surface area contributed by atoms with E-state index in [0.29, 0.717) is 13.1 Å². The van der Waals surface area contributed by atoms with Gasteiger partial charge in [-0.3, -0.25) is 0 Å². The predicted molar refractivity (Wildman–Crippen MR) is 79.8 cm³/mol. The fourth-order valence-corrected chi connectivity index (χ4v) is 5.17. The molecule has 2 heterocycles. The molecule has 0 atom stereocenters. The summed E-state index contributed by atoms with van der Waals surface area (Å²) in [7, 11) is -3.03. The molecule has 0 spiro atoms. The fourth-order valence-electron chi connectivity index (χ4n) is 3.35. The Kier molecular flexibility index (Phi) is 3.15. The summed E-state index contributed by atoms with van der Waals surface area (Å²) in [5.41, 5.74) is 2.45. The van der Waals surface area contributed by atoms with E-state index in [1.807, 2.05) is 0 Å². The van der Waals surface area contributed by atoms with Gasteiger partial charge >= 0.3 is 0 Å². The van der Waals surface area contributed by atoms with Crippen molar-refractivity contribution in [3.8, 4) is 0 Å². The molecular formula is C14H20N4O2S. The van der Waals surface area contributed by atoms with Crippen LogP contribution in [0, 0.1) is 0 Å². The summed E-state index contributed by atoms with van der Waals surface area (Å²) in [6.07, 6.45) is 6.56. The Morgan fingerprint density at radius 3 is 2.52 bits per heavy atom. The first-order valence-corrected chi connectivity index (χ1v) is 9.23. The molecule has 7 heteroatoms. The van der Waals surface area contributed by atoms with E-state index in [4.69, 9.17) is 0 Å². The molecule has 0 N–H and O–H groups in total. The second-order valence-electron chi connectivity index (χ2n) is 6.11. The standard InChI is InChI=1S/C14H20N4O2S/c19-21(20,11-4-5-11)18-8-6-17(7-9-18)14-12-2-1-3-13(12)15-10-16-14/h10-11H,1-9H2. The van der Waals surface area contributed by atoms with Gasteiger partial charge < -0.3 is 4.90 Å². The van der Waals surface area contributed by atoms with Crippen molar-refractivity contribution in [2.24, 2.45) is 0 Å². The van der Waals surface area contributed by atoms with Crippen molar-refractivity contribution >= 4 is 15.8 Å². The zero-order valence-corrected chi connectivity index (χ0v) is 12.8. The molecule has 1 aromatic rings. The lowest BCUT2D eigenvalue weighted by Gasteiger charge is -2.35. The molecule has 0 bridgehead atoms. The Bertz CT molecular complexity index is 649. The van der Waals surface area contributed by atoms with Crippen LogP contribution in [0.4, 0.5) is 5.82 Å². The highest BCUT2D eigenvalue weighted by molar-refractivity contribution is 7.90. The van der Waals surface area contributed by atoms with Crippen LogP contribution >= 0.6 is 0 Å². The molecule has 0 unspecified atom stereocenters. The van der Waals surface area contributed by atoms with Crippen molar-refractivity contribution in [2.45, 2.75) is 37.4 Å². The van der Waals surface area contributed by atoms with Crippen molar-refractivity contribution in [3.63, 3.8) is 0 Å². The van der Waals surface area contributed by atoms with E-state index in [1.165, 1.54) is 11.3 Å². The van der Waals surface area contributed by atoms with Crippen molar-refractivity contribution in [3.05, 3.63) is 17.6 Å². The van der Waals surface area contributed by atoms with Crippen molar-refractivity contribution in [2.75, 3.05) is 31.1 Å². The molecular weight excluding hydrogens is 288 g/mol. The first-order chi connectivity index (χ1) is 10.2. The minimum atomic E-state index is -3.03. The average molecular weight is 308 g/mol. The van der Waals surface area contributed by atoms with Crippen LogP contribution in [-0.4, -0.2) is 54.1 Å². The van der Waals surface area contributed by atoms with Gasteiger partial charge in [-0.1, -0.05) is 0 Å². The zero-order valence-electron chi connectivity index (χ0n) is 12.0. The molecule has 21 heavy (non-hydrogen) atoms. The third-order valence-electron chi connectivity index (χ3n) is 4.70. The van der Waals surface area contributed by atoms with E-state index < -0.39 is 10.0 Å². The van der Waals surface area contributed by atoms with E-state index in [9.17, 15) is 8.42 Å². The maximum atomic E-state index is 12.3. The molecule has 1 saturated heterocycles. The van der Waals surface area contributed by atoms with Crippen molar-refractivity contribution in [1.82, 2.24) is 14.3 Å². The Balaban J connectivity index is 1.50. The van der Waals surface area contributed by atoms with Crippen LogP contribution in [0.25, 0.3) is 0 Å². The van der Waals surface area contributed by atoms with Gasteiger partial charge in [-0.25, -0.2) is 18.4 Å². The minimum Gasteiger partial charge on any atom is -0.354 e. The molecule has 0 radical (unpaired) electrons. The number of hydrogen-bond donors (Lipinski definition) is 0. The third-order valence-corrected chi connectivity index (χ3v) is 7.09. The summed E-state index contributed by atoms with van der Waals surface area (Å²) in [5.74, 6) is 1.03. The van der Waals surface area contributed by atoms with Crippen LogP contribution in [-0.2, 0) is 22.9 Å². The van der Waals surface area contributed by atoms with Gasteiger partial charge in [-0.2, -0.15) is 4.31 Å². The molecule has 3 aliphatic rings. The van der Waals surface area contributed by atoms with E-state index in [2.05, 4.69) is 14.9 Å². The summed E-state index contributed by atoms with van der Waals surface area (Å²) in [6.45, 7) is 2.63. The van der Waals surface area contributed by atoms with Gasteiger partial charge in [0.1, 0.15) is 12.1 Å². The van der Waals surface area contributed by atoms with Gasteiger partial charge in [0.05, 0.1) is 5.25 Å². The van der Waals surface area contributed by atoms with Gasteiger partial charge in [0, 0.05) is 37.4 Å². The lowest BCUT2D eigenvalue weighted by molar-refractivity contribution is 0.382. The van der Waals surface area contributed by atoms with E-state index in [-0.39, 0.29) is 5.25 Å². The number of anilines is 1. The van der Waals surface area contributed by atoms with Crippen molar-refractivity contribution < 1.29 is 8.42 Å². The number of rotatable bonds is 3. The van der Waals surface area contributed by atoms with Gasteiger partial charge in [0.2, 0.25) is 10.0 Å². The number of hydrogen-bond acceptors (Lipinski definition) is 5. The highest BCUT2D eigenvalue weighted by Gasteiger charge is 2.41. The molecule has 6 nitrogen and oxygen atoms in total. The lowest BCUT2D eigenvalue weighted by Crippen LogP contribution is -2.50. The van der Waals surface area contributed by atoms with Crippen LogP contribution in [0.3, 0.4) is 0 Å². The van der Waals surface area contributed by atoms with E-state index >= 15 is 0 Å². The lowest BCUT2D eigenvalue weighted by atomic mass is 10.2. The highest BCUT2D eigenvalue weighted by atomic mass is 32.2. The number of sulfonamides is 1. The monoisotopic (exact) mass is 308 g/mol. The van der Waals surface area contributed by atoms with Crippen LogP contribution in [0.15, 0.2) is 6.33 Å². The maximum absolute atomic E-state index is 12.3. The van der Waals surface area contributed by atoms with Crippen molar-refractivity contribution in [1.29, 1.82) is 0 Å². The topological polar surface area (TPSA) is 66.4 Å². The van der Waals surface area contributed by atoms with Gasteiger partial charge in [0.15, 0.2) is 0 Å². The summed E-state index contributed by atoms with van der Waals surface area (Å²) < 4.78 is 26.2. The van der Waals surface area contributed by atoms with E-state index in [0.717, 1.165) is 51.0 Å². The number of fused-ring (bicyclic) bond motifs is 1. The Labute approximate surface area is 125 Å². The number of aromatic nitrogens is 2. The molecule has 1 aliphatic heterocycles. The highest BCUT2D eigenvalue weighted by Crippen LogP contribution is 2.32. The predicted octanol–water partition coefficient (Wildman–Crippen LogP) is 0.579. The van der Waals surface area contributed by atoms with Gasteiger partial charge in [-0.05, 0) is 32.1 Å². The molecule has 0 amide bonds. The Hall–Kier alpha value is -1.21. The minimum absolute atomic E-state index is 0.104. The molecule has 0 aromatic carbocycles. The van der Waals surface area contributed by atoms with Crippen LogP contribution in [0.2, 0.25) is 0 Å². The Morgan fingerprint density at radius 1 is 1.05 bits per heavy atom. The summed E-state index contributed by atoms with van der Waals surface area (Å²) >= 11 is 0. The normalized spacial score (nSPS) is 23.3. The second-order valence-corrected chi connectivity index (χ2v) is 8.32. The van der Waals surface area contributed by atoms with Gasteiger partial charge in [-0.15, -0.1) is 0 Å².